The highest BCUT2D eigenvalue weighted by molar-refractivity contribution is 6.04. The van der Waals surface area contributed by atoms with Crippen LogP contribution in [0.5, 0.6) is 5.75 Å². The van der Waals surface area contributed by atoms with Crippen LogP contribution in [0.3, 0.4) is 0 Å². The van der Waals surface area contributed by atoms with Gasteiger partial charge in [-0.3, -0.25) is 9.78 Å². The molecule has 4 aromatic rings. The van der Waals surface area contributed by atoms with Crippen molar-refractivity contribution in [1.29, 1.82) is 0 Å². The first-order valence-electron chi connectivity index (χ1n) is 8.79. The number of aromatic hydroxyl groups is 1. The maximum Gasteiger partial charge on any atom is 0.274 e. The molecule has 0 saturated carbocycles. The second-order valence-electron chi connectivity index (χ2n) is 6.38. The molecule has 4 rings (SSSR count). The molecule has 29 heavy (non-hydrogen) atoms. The van der Waals surface area contributed by atoms with Crippen LogP contribution in [0.4, 0.5) is 8.78 Å². The van der Waals surface area contributed by atoms with Gasteiger partial charge in [-0.2, -0.15) is 0 Å². The summed E-state index contributed by atoms with van der Waals surface area (Å²) in [4.78, 5) is 21.2. The molecular formula is C22H15F2N3O2. The second kappa shape index (κ2) is 7.63. The van der Waals surface area contributed by atoms with Crippen LogP contribution >= 0.6 is 0 Å². The topological polar surface area (TPSA) is 75.1 Å². The van der Waals surface area contributed by atoms with E-state index in [0.29, 0.717) is 22.2 Å². The van der Waals surface area contributed by atoms with Crippen LogP contribution in [0.1, 0.15) is 16.1 Å². The number of carbonyl (C=O) groups excluding carboxylic acids is 1. The molecule has 2 heterocycles. The van der Waals surface area contributed by atoms with Crippen LogP contribution in [0.15, 0.2) is 66.9 Å². The summed E-state index contributed by atoms with van der Waals surface area (Å²) < 4.78 is 26.8. The third kappa shape index (κ3) is 3.75. The number of nitrogens with one attached hydrogen (secondary N) is 1. The quantitative estimate of drug-likeness (QED) is 0.547. The zero-order valence-corrected chi connectivity index (χ0v) is 15.1. The van der Waals surface area contributed by atoms with E-state index in [2.05, 4.69) is 15.3 Å². The van der Waals surface area contributed by atoms with Crippen molar-refractivity contribution in [3.05, 3.63) is 89.8 Å². The SMILES string of the molecule is O=C(NCc1ccc(F)cc1)c1nc(-c2cccc(F)c2)c2cccnc2c1O. The zero-order chi connectivity index (χ0) is 20.4. The van der Waals surface area contributed by atoms with Crippen molar-refractivity contribution in [1.82, 2.24) is 15.3 Å². The average Bonchev–Trinajstić information content (AvgIpc) is 2.73. The van der Waals surface area contributed by atoms with Crippen LogP contribution in [-0.4, -0.2) is 21.0 Å². The number of fused-ring (bicyclic) bond motifs is 1. The molecule has 0 saturated heterocycles. The van der Waals surface area contributed by atoms with Crippen LogP contribution < -0.4 is 5.32 Å². The molecular weight excluding hydrogens is 376 g/mol. The number of amides is 1. The first-order chi connectivity index (χ1) is 14.0. The number of hydrogen-bond acceptors (Lipinski definition) is 4. The lowest BCUT2D eigenvalue weighted by Gasteiger charge is -2.12. The van der Waals surface area contributed by atoms with Gasteiger partial charge in [-0.05, 0) is 42.0 Å². The number of aromatic nitrogens is 2. The molecule has 2 aromatic heterocycles. The Kier molecular flexibility index (Phi) is 4.87. The van der Waals surface area contributed by atoms with Gasteiger partial charge in [-0.15, -0.1) is 0 Å². The van der Waals surface area contributed by atoms with Gasteiger partial charge in [0.25, 0.3) is 5.91 Å². The summed E-state index contributed by atoms with van der Waals surface area (Å²) in [7, 11) is 0. The minimum atomic E-state index is -0.628. The summed E-state index contributed by atoms with van der Waals surface area (Å²) in [5, 5.41) is 13.7. The Morgan fingerprint density at radius 1 is 1.00 bits per heavy atom. The minimum absolute atomic E-state index is 0.121. The van der Waals surface area contributed by atoms with Crippen molar-refractivity contribution in [2.45, 2.75) is 6.54 Å². The standard InChI is InChI=1S/C22H15F2N3O2/c23-15-8-6-13(7-9-15)12-26-22(29)20-21(28)19-17(5-2-10-25-19)18(27-20)14-3-1-4-16(24)11-14/h1-11,28H,12H2,(H,26,29). The molecule has 0 aliphatic carbocycles. The van der Waals surface area contributed by atoms with Gasteiger partial charge < -0.3 is 10.4 Å². The summed E-state index contributed by atoms with van der Waals surface area (Å²) >= 11 is 0. The summed E-state index contributed by atoms with van der Waals surface area (Å²) in [5.74, 6) is -1.81. The largest absolute Gasteiger partial charge is 0.504 e. The van der Waals surface area contributed by atoms with Gasteiger partial charge in [0.1, 0.15) is 17.2 Å². The van der Waals surface area contributed by atoms with Gasteiger partial charge in [-0.1, -0.05) is 24.3 Å². The molecule has 7 heteroatoms. The minimum Gasteiger partial charge on any atom is -0.504 e. The third-order valence-corrected chi connectivity index (χ3v) is 4.41. The lowest BCUT2D eigenvalue weighted by Crippen LogP contribution is -2.24. The lowest BCUT2D eigenvalue weighted by molar-refractivity contribution is 0.0943. The summed E-state index contributed by atoms with van der Waals surface area (Å²) in [6.45, 7) is 0.121. The number of pyridine rings is 2. The number of halogens is 2. The molecule has 1 amide bonds. The van der Waals surface area contributed by atoms with Crippen LogP contribution in [0, 0.1) is 11.6 Å². The van der Waals surface area contributed by atoms with E-state index >= 15 is 0 Å². The fourth-order valence-electron chi connectivity index (χ4n) is 3.00. The maximum absolute atomic E-state index is 13.7. The van der Waals surface area contributed by atoms with Crippen molar-refractivity contribution in [2.75, 3.05) is 0 Å². The molecule has 0 radical (unpaired) electrons. The number of benzene rings is 2. The van der Waals surface area contributed by atoms with E-state index < -0.39 is 11.7 Å². The van der Waals surface area contributed by atoms with E-state index in [0.717, 1.165) is 0 Å². The van der Waals surface area contributed by atoms with E-state index in [9.17, 15) is 18.7 Å². The van der Waals surface area contributed by atoms with Crippen LogP contribution in [0.2, 0.25) is 0 Å². The summed E-state index contributed by atoms with van der Waals surface area (Å²) in [6, 6.07) is 14.8. The molecule has 0 bridgehead atoms. The van der Waals surface area contributed by atoms with E-state index in [-0.39, 0.29) is 29.3 Å². The molecule has 0 unspecified atom stereocenters. The Hall–Kier alpha value is -3.87. The van der Waals surface area contributed by atoms with Crippen molar-refractivity contribution < 1.29 is 18.7 Å². The predicted octanol–water partition coefficient (Wildman–Crippen LogP) is 4.21. The van der Waals surface area contributed by atoms with Crippen LogP contribution in [-0.2, 0) is 6.54 Å². The lowest BCUT2D eigenvalue weighted by atomic mass is 10.0. The maximum atomic E-state index is 13.7. The highest BCUT2D eigenvalue weighted by Crippen LogP contribution is 2.33. The predicted molar refractivity (Wildman–Crippen MR) is 104 cm³/mol. The molecule has 0 aliphatic heterocycles. The van der Waals surface area contributed by atoms with E-state index in [1.165, 1.54) is 36.5 Å². The van der Waals surface area contributed by atoms with Crippen molar-refractivity contribution in [3.8, 4) is 17.0 Å². The van der Waals surface area contributed by atoms with Crippen molar-refractivity contribution >= 4 is 16.8 Å². The van der Waals surface area contributed by atoms with Gasteiger partial charge in [0, 0.05) is 23.7 Å². The Bertz CT molecular complexity index is 1210. The molecule has 2 aromatic carbocycles. The van der Waals surface area contributed by atoms with Gasteiger partial charge in [0.2, 0.25) is 0 Å². The van der Waals surface area contributed by atoms with Crippen molar-refractivity contribution in [2.24, 2.45) is 0 Å². The molecule has 0 aliphatic rings. The van der Waals surface area contributed by atoms with Gasteiger partial charge >= 0.3 is 0 Å². The van der Waals surface area contributed by atoms with E-state index in [1.807, 2.05) is 0 Å². The molecule has 0 fully saturated rings. The molecule has 5 nitrogen and oxygen atoms in total. The second-order valence-corrected chi connectivity index (χ2v) is 6.38. The Labute approximate surface area is 164 Å². The van der Waals surface area contributed by atoms with E-state index in [1.54, 1.807) is 30.3 Å². The fraction of sp³-hybridized carbons (Fsp3) is 0.0455. The highest BCUT2D eigenvalue weighted by Gasteiger charge is 2.20. The first-order valence-corrected chi connectivity index (χ1v) is 8.79. The van der Waals surface area contributed by atoms with Crippen molar-refractivity contribution in [3.63, 3.8) is 0 Å². The molecule has 2 N–H and O–H groups in total. The Morgan fingerprint density at radius 2 is 1.79 bits per heavy atom. The smallest absolute Gasteiger partial charge is 0.274 e. The number of hydrogen-bond donors (Lipinski definition) is 2. The molecule has 0 spiro atoms. The van der Waals surface area contributed by atoms with Gasteiger partial charge in [-0.25, -0.2) is 13.8 Å². The first kappa shape index (κ1) is 18.5. The highest BCUT2D eigenvalue weighted by atomic mass is 19.1. The monoisotopic (exact) mass is 391 g/mol. The number of nitrogens with zero attached hydrogens (tertiary/aromatic N) is 2. The van der Waals surface area contributed by atoms with Gasteiger partial charge in [0.15, 0.2) is 11.4 Å². The molecule has 144 valence electrons. The average molecular weight is 391 g/mol. The van der Waals surface area contributed by atoms with Crippen LogP contribution in [0.25, 0.3) is 22.2 Å². The number of rotatable bonds is 4. The molecule has 0 atom stereocenters. The summed E-state index contributed by atoms with van der Waals surface area (Å²) in [5.41, 5.74) is 1.43. The Balaban J connectivity index is 1.75. The third-order valence-electron chi connectivity index (χ3n) is 4.41. The fourth-order valence-corrected chi connectivity index (χ4v) is 3.00. The summed E-state index contributed by atoms with van der Waals surface area (Å²) in [6.07, 6.45) is 1.48. The van der Waals surface area contributed by atoms with E-state index in [4.69, 9.17) is 0 Å². The normalized spacial score (nSPS) is 10.8. The zero-order valence-electron chi connectivity index (χ0n) is 15.1. The van der Waals surface area contributed by atoms with Gasteiger partial charge in [0.05, 0.1) is 5.69 Å². The Morgan fingerprint density at radius 3 is 2.55 bits per heavy atom. The number of carbonyl (C=O) groups is 1.